The average Bonchev–Trinajstić information content (AvgIpc) is 3.17. The van der Waals surface area contributed by atoms with E-state index in [4.69, 9.17) is 9.47 Å². The third-order valence-corrected chi connectivity index (χ3v) is 4.56. The maximum Gasteiger partial charge on any atom is 0.329 e. The highest BCUT2D eigenvalue weighted by Crippen LogP contribution is 2.35. The van der Waals surface area contributed by atoms with Gasteiger partial charge in [0.1, 0.15) is 0 Å². The topological polar surface area (TPSA) is 108 Å². The largest absolute Gasteiger partial charge is 0.454 e. The van der Waals surface area contributed by atoms with Gasteiger partial charge in [0.15, 0.2) is 33.2 Å². The van der Waals surface area contributed by atoms with E-state index in [1.54, 1.807) is 18.2 Å². The van der Waals surface area contributed by atoms with Gasteiger partial charge in [0, 0.05) is 7.05 Å². The number of ether oxygens (including phenoxy) is 2. The first kappa shape index (κ1) is 15.6. The Bertz CT molecular complexity index is 1140. The smallest absolute Gasteiger partial charge is 0.329 e. The number of carbonyl (C=O) groups is 1. The SMILES string of the molecule is Cn1c(=O)[nH]c(=O)c2c1nc(Br)n2CC(=O)c1cccc2c1OCO2. The summed E-state index contributed by atoms with van der Waals surface area (Å²) in [4.78, 5) is 43.0. The van der Waals surface area contributed by atoms with Crippen LogP contribution in [0.1, 0.15) is 10.4 Å². The lowest BCUT2D eigenvalue weighted by molar-refractivity contribution is 0.0968. The van der Waals surface area contributed by atoms with Crippen LogP contribution in [0.4, 0.5) is 0 Å². The van der Waals surface area contributed by atoms with E-state index in [2.05, 4.69) is 25.9 Å². The molecule has 128 valence electrons. The minimum atomic E-state index is -0.609. The first-order chi connectivity index (χ1) is 12.0. The van der Waals surface area contributed by atoms with E-state index < -0.39 is 11.2 Å². The van der Waals surface area contributed by atoms with Gasteiger partial charge in [0.05, 0.1) is 12.1 Å². The summed E-state index contributed by atoms with van der Waals surface area (Å²) >= 11 is 3.24. The summed E-state index contributed by atoms with van der Waals surface area (Å²) in [6.45, 7) is -0.0999. The number of para-hydroxylation sites is 1. The van der Waals surface area contributed by atoms with Gasteiger partial charge in [-0.1, -0.05) is 6.07 Å². The Labute approximate surface area is 147 Å². The molecule has 10 heteroatoms. The van der Waals surface area contributed by atoms with Crippen molar-refractivity contribution < 1.29 is 14.3 Å². The zero-order valence-corrected chi connectivity index (χ0v) is 14.5. The number of benzene rings is 1. The quantitative estimate of drug-likeness (QED) is 0.508. The van der Waals surface area contributed by atoms with Crippen molar-refractivity contribution in [3.05, 3.63) is 49.3 Å². The van der Waals surface area contributed by atoms with E-state index in [0.29, 0.717) is 17.1 Å². The number of fused-ring (bicyclic) bond motifs is 2. The Kier molecular flexibility index (Phi) is 3.49. The molecule has 0 amide bonds. The van der Waals surface area contributed by atoms with E-state index in [1.807, 2.05) is 0 Å². The van der Waals surface area contributed by atoms with E-state index in [0.717, 1.165) is 0 Å². The van der Waals surface area contributed by atoms with Crippen LogP contribution in [0.5, 0.6) is 11.5 Å². The van der Waals surface area contributed by atoms with Gasteiger partial charge in [-0.15, -0.1) is 0 Å². The fourth-order valence-electron chi connectivity index (χ4n) is 2.73. The standard InChI is InChI=1S/C15H11BrN4O5/c1-19-12-10(13(22)18-15(19)23)20(14(16)17-12)5-8(21)7-3-2-4-9-11(7)25-6-24-9/h2-4H,5-6H2,1H3,(H,18,22,23). The zero-order valence-electron chi connectivity index (χ0n) is 12.9. The summed E-state index contributed by atoms with van der Waals surface area (Å²) in [5, 5.41) is 0. The molecule has 9 nitrogen and oxygen atoms in total. The first-order valence-electron chi connectivity index (χ1n) is 7.24. The predicted octanol–water partition coefficient (Wildman–Crippen LogP) is 0.797. The summed E-state index contributed by atoms with van der Waals surface area (Å²) in [5.41, 5.74) is -0.516. The van der Waals surface area contributed by atoms with Gasteiger partial charge in [-0.2, -0.15) is 0 Å². The fraction of sp³-hybridized carbons (Fsp3) is 0.200. The number of H-pyrrole nitrogens is 1. The van der Waals surface area contributed by atoms with Crippen LogP contribution >= 0.6 is 15.9 Å². The number of nitrogens with one attached hydrogen (secondary N) is 1. The second kappa shape index (κ2) is 5.59. The Hall–Kier alpha value is -2.88. The molecule has 0 bridgehead atoms. The molecule has 1 aliphatic rings. The lowest BCUT2D eigenvalue weighted by Gasteiger charge is -2.07. The Morgan fingerprint density at radius 1 is 1.36 bits per heavy atom. The number of rotatable bonds is 3. The molecule has 0 unspecified atom stereocenters. The molecule has 0 saturated heterocycles. The van der Waals surface area contributed by atoms with E-state index >= 15 is 0 Å². The molecule has 0 radical (unpaired) electrons. The highest BCUT2D eigenvalue weighted by atomic mass is 79.9. The number of hydrogen-bond acceptors (Lipinski definition) is 6. The number of aromatic nitrogens is 4. The molecular weight excluding hydrogens is 396 g/mol. The van der Waals surface area contributed by atoms with E-state index in [9.17, 15) is 14.4 Å². The van der Waals surface area contributed by atoms with Crippen molar-refractivity contribution in [3.8, 4) is 11.5 Å². The minimum absolute atomic E-state index is 0.0547. The summed E-state index contributed by atoms with van der Waals surface area (Å²) < 4.78 is 13.5. The van der Waals surface area contributed by atoms with Crippen LogP contribution in [0, 0.1) is 0 Å². The highest BCUT2D eigenvalue weighted by molar-refractivity contribution is 9.10. The van der Waals surface area contributed by atoms with Crippen LogP contribution in [0.25, 0.3) is 11.2 Å². The van der Waals surface area contributed by atoms with Gasteiger partial charge in [-0.05, 0) is 28.1 Å². The molecule has 0 atom stereocenters. The van der Waals surface area contributed by atoms with Gasteiger partial charge in [0.25, 0.3) is 5.56 Å². The van der Waals surface area contributed by atoms with Gasteiger partial charge in [-0.25, -0.2) is 9.78 Å². The molecule has 0 fully saturated rings. The maximum atomic E-state index is 12.7. The van der Waals surface area contributed by atoms with Crippen molar-refractivity contribution in [2.75, 3.05) is 6.79 Å². The molecule has 2 aromatic heterocycles. The van der Waals surface area contributed by atoms with Gasteiger partial charge < -0.3 is 14.0 Å². The Balaban J connectivity index is 1.82. The van der Waals surface area contributed by atoms with E-state index in [1.165, 1.54) is 16.2 Å². The van der Waals surface area contributed by atoms with E-state index in [-0.39, 0.29) is 35.0 Å². The summed E-state index contributed by atoms with van der Waals surface area (Å²) in [6.07, 6.45) is 0. The lowest BCUT2D eigenvalue weighted by Crippen LogP contribution is -2.29. The monoisotopic (exact) mass is 406 g/mol. The van der Waals surface area contributed by atoms with Gasteiger partial charge in [0.2, 0.25) is 6.79 Å². The summed E-state index contributed by atoms with van der Waals surface area (Å²) in [6, 6.07) is 5.03. The molecule has 0 saturated carbocycles. The molecule has 1 aromatic carbocycles. The normalized spacial score (nSPS) is 12.7. The third kappa shape index (κ3) is 2.37. The van der Waals surface area contributed by atoms with Crippen LogP contribution in [0.2, 0.25) is 0 Å². The van der Waals surface area contributed by atoms with Crippen LogP contribution in [0.15, 0.2) is 32.5 Å². The Morgan fingerprint density at radius 2 is 2.16 bits per heavy atom. The minimum Gasteiger partial charge on any atom is -0.454 e. The molecule has 3 aromatic rings. The number of aromatic amines is 1. The molecule has 1 aliphatic heterocycles. The molecule has 25 heavy (non-hydrogen) atoms. The number of Topliss-reactive ketones (excluding diaryl/α,β-unsaturated/α-hetero) is 1. The van der Waals surface area contributed by atoms with Crippen molar-refractivity contribution in [2.24, 2.45) is 7.05 Å². The number of ketones is 1. The zero-order chi connectivity index (χ0) is 17.7. The molecular formula is C15H11BrN4O5. The van der Waals surface area contributed by atoms with Crippen molar-refractivity contribution >= 4 is 32.9 Å². The van der Waals surface area contributed by atoms with Crippen LogP contribution in [-0.4, -0.2) is 31.7 Å². The maximum absolute atomic E-state index is 12.7. The number of imidazole rings is 1. The predicted molar refractivity (Wildman–Crippen MR) is 90.2 cm³/mol. The van der Waals surface area contributed by atoms with Crippen molar-refractivity contribution in [1.29, 1.82) is 0 Å². The highest BCUT2D eigenvalue weighted by Gasteiger charge is 2.24. The van der Waals surface area contributed by atoms with Crippen molar-refractivity contribution in [2.45, 2.75) is 6.54 Å². The third-order valence-electron chi connectivity index (χ3n) is 3.96. The number of aryl methyl sites for hydroxylation is 1. The lowest BCUT2D eigenvalue weighted by atomic mass is 10.1. The van der Waals surface area contributed by atoms with Crippen molar-refractivity contribution in [3.63, 3.8) is 0 Å². The van der Waals surface area contributed by atoms with Gasteiger partial charge in [-0.3, -0.25) is 19.1 Å². The number of nitrogens with zero attached hydrogens (tertiary/aromatic N) is 3. The number of halogens is 1. The summed E-state index contributed by atoms with van der Waals surface area (Å²) in [5.74, 6) is 0.602. The van der Waals surface area contributed by atoms with Crippen LogP contribution < -0.4 is 20.7 Å². The van der Waals surface area contributed by atoms with Crippen molar-refractivity contribution in [1.82, 2.24) is 19.1 Å². The van der Waals surface area contributed by atoms with Gasteiger partial charge >= 0.3 is 5.69 Å². The molecule has 4 rings (SSSR count). The number of hydrogen-bond donors (Lipinski definition) is 1. The second-order valence-electron chi connectivity index (χ2n) is 5.42. The summed E-state index contributed by atoms with van der Waals surface area (Å²) in [7, 11) is 1.49. The molecule has 3 heterocycles. The molecule has 0 aliphatic carbocycles. The number of carbonyl (C=O) groups excluding carboxylic acids is 1. The first-order valence-corrected chi connectivity index (χ1v) is 8.03. The van der Waals surface area contributed by atoms with Crippen LogP contribution in [-0.2, 0) is 13.6 Å². The Morgan fingerprint density at radius 3 is 2.96 bits per heavy atom. The average molecular weight is 407 g/mol. The molecule has 1 N–H and O–H groups in total. The van der Waals surface area contributed by atoms with Crippen LogP contribution in [0.3, 0.4) is 0 Å². The fourth-order valence-corrected chi connectivity index (χ4v) is 3.20. The molecule has 0 spiro atoms. The second-order valence-corrected chi connectivity index (χ2v) is 6.13.